The van der Waals surface area contributed by atoms with Crippen LogP contribution in [0.2, 0.25) is 0 Å². The molecule has 0 radical (unpaired) electrons. The SMILES string of the molecule is C[C@H](CCCCCCCCCCCCCC(=O)CC(=O)SCCNC(=O)CCNC(=O)[C@H](O)C(C)(C)COP(=O)(O)OP(=O)(O)OC[C@H]1O[C@@H](n2cnc3c(N)ncnc32)[C@H](O)[C@@H]1OP(=O)(O)O)O[C@@H]1O[C@@H](C)[C@H](O)C[C@H]1O. The number of phosphoric ester groups is 3. The van der Waals surface area contributed by atoms with E-state index in [0.29, 0.717) is 12.8 Å². The van der Waals surface area contributed by atoms with Gasteiger partial charge in [-0.05, 0) is 26.7 Å². The molecule has 12 N–H and O–H groups in total. The van der Waals surface area contributed by atoms with Crippen molar-refractivity contribution in [2.24, 2.45) is 5.41 Å². The van der Waals surface area contributed by atoms with E-state index >= 15 is 0 Å². The van der Waals surface area contributed by atoms with Crippen LogP contribution < -0.4 is 16.4 Å². The molecule has 0 bridgehead atoms. The summed E-state index contributed by atoms with van der Waals surface area (Å²) in [6, 6.07) is 0. The number of aromatic nitrogens is 4. The Hall–Kier alpha value is -2.93. The third-order valence-electron chi connectivity index (χ3n) is 12.7. The molecular weight excluding hydrogens is 1120 g/mol. The van der Waals surface area contributed by atoms with Crippen molar-refractivity contribution in [3.63, 3.8) is 0 Å². The van der Waals surface area contributed by atoms with Crippen molar-refractivity contribution in [3.8, 4) is 0 Å². The van der Waals surface area contributed by atoms with Gasteiger partial charge in [0.2, 0.25) is 11.8 Å². The lowest BCUT2D eigenvalue weighted by molar-refractivity contribution is -0.273. The quantitative estimate of drug-likeness (QED) is 0.0263. The number of rotatable bonds is 37. The number of phosphoric acid groups is 3. The molecule has 78 heavy (non-hydrogen) atoms. The molecule has 2 fully saturated rings. The van der Waals surface area contributed by atoms with E-state index in [0.717, 1.165) is 86.8 Å². The van der Waals surface area contributed by atoms with Crippen molar-refractivity contribution in [2.45, 2.75) is 192 Å². The van der Waals surface area contributed by atoms with Crippen molar-refractivity contribution in [1.82, 2.24) is 30.2 Å². The number of aliphatic hydroxyl groups is 4. The second-order valence-electron chi connectivity index (χ2n) is 20.0. The molecule has 2 aliphatic heterocycles. The molecule has 2 amide bonds. The van der Waals surface area contributed by atoms with Gasteiger partial charge in [0.05, 0.1) is 44.3 Å². The standard InChI is InChI=1S/C45H78N7O22P3S/c1-28(70-44-32(55)23-31(54)29(2)71-44)16-14-12-10-8-6-5-7-9-11-13-15-17-30(53)22-35(57)78-21-20-47-34(56)18-19-48-42(60)39(59)45(3,4)25-69-77(66,67)74-76(64,65)68-24-33-38(73-75(61,62)63)37(58)43(72-33)52-27-51-36-40(46)49-26-50-41(36)52/h26-29,31-33,37-39,43-44,54-55,58-59H,5-25H2,1-4H3,(H,47,56)(H,48,60)(H,64,65)(H,66,67)(H2,46,49,50)(H2,61,62,63)/t28-,29+,31-,32-,33-,37-,38-,39+,43-,44-/m1/s1. The summed E-state index contributed by atoms with van der Waals surface area (Å²) in [6.45, 7) is 4.02. The average molecular weight is 1190 g/mol. The van der Waals surface area contributed by atoms with Gasteiger partial charge in [-0.25, -0.2) is 28.6 Å². The number of amides is 2. The van der Waals surface area contributed by atoms with E-state index in [1.807, 2.05) is 6.92 Å². The maximum absolute atomic E-state index is 12.8. The zero-order chi connectivity index (χ0) is 57.8. The van der Waals surface area contributed by atoms with Crippen LogP contribution in [0.4, 0.5) is 5.82 Å². The van der Waals surface area contributed by atoms with E-state index in [4.69, 9.17) is 29.0 Å². The minimum atomic E-state index is -5.60. The number of hydrogen-bond acceptors (Lipinski definition) is 23. The van der Waals surface area contributed by atoms with Crippen LogP contribution in [0.5, 0.6) is 0 Å². The minimum Gasteiger partial charge on any atom is -0.390 e. The number of hydrogen-bond donors (Lipinski definition) is 11. The summed E-state index contributed by atoms with van der Waals surface area (Å²) in [5.41, 5.74) is 4.23. The van der Waals surface area contributed by atoms with E-state index in [1.54, 1.807) is 6.92 Å². The second-order valence-corrected chi connectivity index (χ2v) is 25.3. The summed E-state index contributed by atoms with van der Waals surface area (Å²) in [5, 5.41) is 46.2. The summed E-state index contributed by atoms with van der Waals surface area (Å²) < 4.78 is 73.9. The molecule has 29 nitrogen and oxygen atoms in total. The monoisotopic (exact) mass is 1190 g/mol. The number of carbonyl (C=O) groups excluding carboxylic acids is 4. The number of nitrogens with two attached hydrogens (primary N) is 1. The van der Waals surface area contributed by atoms with Crippen LogP contribution >= 0.6 is 35.2 Å². The van der Waals surface area contributed by atoms with E-state index in [2.05, 4.69) is 34.4 Å². The van der Waals surface area contributed by atoms with E-state index < -0.39 is 103 Å². The Bertz CT molecular complexity index is 2390. The number of nitrogen functional groups attached to an aromatic ring is 1. The van der Waals surface area contributed by atoms with Gasteiger partial charge < -0.3 is 70.6 Å². The Balaban J connectivity index is 1.01. The largest absolute Gasteiger partial charge is 0.481 e. The molecule has 2 unspecified atom stereocenters. The Labute approximate surface area is 456 Å². The highest BCUT2D eigenvalue weighted by molar-refractivity contribution is 8.13. The Morgan fingerprint density at radius 3 is 2.14 bits per heavy atom. The number of nitrogens with zero attached hydrogens (tertiary/aromatic N) is 4. The highest BCUT2D eigenvalue weighted by atomic mass is 32.2. The fourth-order valence-corrected chi connectivity index (χ4v) is 11.8. The van der Waals surface area contributed by atoms with Gasteiger partial charge >= 0.3 is 23.5 Å². The van der Waals surface area contributed by atoms with Crippen LogP contribution in [0.15, 0.2) is 12.7 Å². The van der Waals surface area contributed by atoms with Gasteiger partial charge in [-0.1, -0.05) is 89.8 Å². The topological polar surface area (TPSA) is 440 Å². The number of nitrogens with one attached hydrogen (secondary N) is 2. The molecule has 0 aromatic carbocycles. The van der Waals surface area contributed by atoms with Crippen molar-refractivity contribution in [1.29, 1.82) is 0 Å². The number of ketones is 1. The molecule has 2 aromatic heterocycles. The predicted octanol–water partition coefficient (Wildman–Crippen LogP) is 2.96. The molecular formula is C45H78N7O22P3S. The summed E-state index contributed by atoms with van der Waals surface area (Å²) in [4.78, 5) is 101. The van der Waals surface area contributed by atoms with Crippen LogP contribution in [0.3, 0.4) is 0 Å². The fraction of sp³-hybridized carbons (Fsp3) is 0.800. The molecule has 0 spiro atoms. The molecule has 2 aromatic rings. The maximum Gasteiger partial charge on any atom is 0.481 e. The van der Waals surface area contributed by atoms with Crippen LogP contribution in [0.25, 0.3) is 11.2 Å². The lowest BCUT2D eigenvalue weighted by atomic mass is 9.87. The van der Waals surface area contributed by atoms with Crippen LogP contribution in [0, 0.1) is 5.41 Å². The van der Waals surface area contributed by atoms with Crippen molar-refractivity contribution in [3.05, 3.63) is 12.7 Å². The normalized spacial score (nSPS) is 24.3. The molecule has 33 heteroatoms. The van der Waals surface area contributed by atoms with Crippen LogP contribution in [-0.2, 0) is 65.0 Å². The number of imidazole rings is 1. The number of carbonyl (C=O) groups is 4. The van der Waals surface area contributed by atoms with E-state index in [9.17, 15) is 72.9 Å². The van der Waals surface area contributed by atoms with E-state index in [-0.39, 0.29) is 78.2 Å². The highest BCUT2D eigenvalue weighted by Crippen LogP contribution is 2.61. The molecule has 12 atom stereocenters. The number of fused-ring (bicyclic) bond motifs is 1. The highest BCUT2D eigenvalue weighted by Gasteiger charge is 2.50. The molecule has 446 valence electrons. The Morgan fingerprint density at radius 2 is 1.49 bits per heavy atom. The van der Waals surface area contributed by atoms with Crippen molar-refractivity contribution >= 4 is 74.9 Å². The van der Waals surface area contributed by atoms with Crippen molar-refractivity contribution < 1.29 is 105 Å². The molecule has 2 saturated heterocycles. The Kier molecular flexibility index (Phi) is 27.8. The number of ether oxygens (including phenoxy) is 3. The van der Waals surface area contributed by atoms with Crippen molar-refractivity contribution in [2.75, 3.05) is 37.8 Å². The molecule has 0 saturated carbocycles. The lowest BCUT2D eigenvalue weighted by Gasteiger charge is -2.36. The predicted molar refractivity (Wildman–Crippen MR) is 278 cm³/mol. The zero-order valence-corrected chi connectivity index (χ0v) is 47.7. The third kappa shape index (κ3) is 23.5. The molecule has 4 rings (SSSR count). The Morgan fingerprint density at radius 1 is 0.859 bits per heavy atom. The second kappa shape index (κ2) is 32.1. The molecule has 2 aliphatic rings. The first-order valence-electron chi connectivity index (χ1n) is 25.8. The van der Waals surface area contributed by atoms with Gasteiger partial charge in [0.15, 0.2) is 29.1 Å². The number of thioether (sulfide) groups is 1. The van der Waals surface area contributed by atoms with Gasteiger partial charge in [0.25, 0.3) is 0 Å². The fourth-order valence-electron chi connectivity index (χ4n) is 8.30. The maximum atomic E-state index is 12.8. The van der Waals surface area contributed by atoms with Gasteiger partial charge in [0.1, 0.15) is 48.1 Å². The number of anilines is 1. The van der Waals surface area contributed by atoms with Gasteiger partial charge in [-0.3, -0.25) is 37.3 Å². The third-order valence-corrected chi connectivity index (χ3v) is 16.7. The van der Waals surface area contributed by atoms with Crippen LogP contribution in [0.1, 0.15) is 137 Å². The first kappa shape index (κ1) is 67.6. The number of Topliss-reactive ketones (excluding diaryl/α,β-unsaturated/α-hetero) is 1. The number of aliphatic hydroxyl groups excluding tert-OH is 4. The van der Waals surface area contributed by atoms with Gasteiger partial charge in [0, 0.05) is 43.5 Å². The first-order chi connectivity index (χ1) is 36.6. The van der Waals surface area contributed by atoms with E-state index in [1.165, 1.54) is 26.7 Å². The summed E-state index contributed by atoms with van der Waals surface area (Å²) in [6.07, 6.45) is 3.24. The lowest BCUT2D eigenvalue weighted by Crippen LogP contribution is -2.48. The average Bonchev–Trinajstić information content (AvgIpc) is 3.92. The summed E-state index contributed by atoms with van der Waals surface area (Å²) in [5.74, 6) is -1.48. The molecule has 0 aliphatic carbocycles. The zero-order valence-electron chi connectivity index (χ0n) is 44.2. The first-order valence-corrected chi connectivity index (χ1v) is 31.3. The molecule has 4 heterocycles. The van der Waals surface area contributed by atoms with Gasteiger partial charge in [-0.2, -0.15) is 4.31 Å². The summed E-state index contributed by atoms with van der Waals surface area (Å²) in [7, 11) is -16.5. The summed E-state index contributed by atoms with van der Waals surface area (Å²) >= 11 is 0.921. The number of unbranched alkanes of at least 4 members (excludes halogenated alkanes) is 10. The minimum absolute atomic E-state index is 0.0208. The van der Waals surface area contributed by atoms with Crippen LogP contribution in [-0.4, -0.2) is 169 Å². The smallest absolute Gasteiger partial charge is 0.390 e. The van der Waals surface area contributed by atoms with Gasteiger partial charge in [-0.15, -0.1) is 0 Å².